The number of amidine groups is 1. The highest BCUT2D eigenvalue weighted by molar-refractivity contribution is 5.95. The van der Waals surface area contributed by atoms with Gasteiger partial charge in [0, 0.05) is 5.56 Å². The van der Waals surface area contributed by atoms with Crippen molar-refractivity contribution in [2.24, 2.45) is 11.7 Å². The Kier molecular flexibility index (Phi) is 16.5. The number of esters is 1. The molecule has 8 N–H and O–H groups in total. The fourth-order valence-electron chi connectivity index (χ4n) is 3.42. The maximum Gasteiger partial charge on any atom is 0.490 e. The van der Waals surface area contributed by atoms with Crippen LogP contribution in [-0.2, 0) is 30.5 Å². The van der Waals surface area contributed by atoms with Gasteiger partial charge in [-0.05, 0) is 49.4 Å². The molecule has 2 atom stereocenters. The molecule has 0 aliphatic rings. The first-order valence-electron chi connectivity index (χ1n) is 13.1. The zero-order valence-corrected chi connectivity index (χ0v) is 25.5. The topological polar surface area (TPSA) is 271 Å². The molecule has 0 saturated heterocycles. The van der Waals surface area contributed by atoms with Crippen molar-refractivity contribution in [1.29, 1.82) is 5.41 Å². The average Bonchev–Trinajstić information content (AvgIpc) is 3.40. The van der Waals surface area contributed by atoms with Crippen molar-refractivity contribution in [2.75, 3.05) is 7.05 Å². The fourth-order valence-corrected chi connectivity index (χ4v) is 3.42. The Balaban J connectivity index is 0.00000137. The summed E-state index contributed by atoms with van der Waals surface area (Å²) >= 11 is 0. The quantitative estimate of drug-likeness (QED) is 0.0547. The minimum atomic E-state index is -5.08. The number of hydrogen-bond donors (Lipinski definition) is 7. The van der Waals surface area contributed by atoms with Crippen LogP contribution in [0.2, 0.25) is 0 Å². The SMILES string of the molecule is CC(C)C(C(=O)N[C@@H](CC(=O)O)C(=O)O)N(C)Cc1ccc(C(=O)Oc2ccc(C(=N)N)cc2)o1.O=C(O)C(F)(F)F.O=C(O)C(F)(F)F. The van der Waals surface area contributed by atoms with E-state index in [4.69, 9.17) is 45.2 Å². The number of likely N-dealkylation sites (N-methyl/N-ethyl adjacent to an activating group) is 1. The normalized spacial score (nSPS) is 12.3. The molecule has 1 amide bonds. The third kappa shape index (κ3) is 16.1. The monoisotopic (exact) mass is 716 g/mol. The number of alkyl halides is 6. The molecule has 272 valence electrons. The molecule has 2 aromatic rings. The number of carboxylic acids is 4. The molecule has 0 aliphatic carbocycles. The van der Waals surface area contributed by atoms with E-state index in [0.717, 1.165) is 0 Å². The molecule has 0 fully saturated rings. The second-order valence-corrected chi connectivity index (χ2v) is 9.80. The molecule has 2 rings (SSSR count). The number of carbonyl (C=O) groups is 6. The van der Waals surface area contributed by atoms with Crippen LogP contribution in [0.3, 0.4) is 0 Å². The number of furan rings is 1. The van der Waals surface area contributed by atoms with E-state index in [2.05, 4.69) is 5.32 Å². The number of rotatable bonds is 12. The van der Waals surface area contributed by atoms with Gasteiger partial charge in [0.2, 0.25) is 11.7 Å². The van der Waals surface area contributed by atoms with E-state index in [1.807, 2.05) is 0 Å². The molecular formula is C27H30F6N4O12. The molecular weight excluding hydrogens is 686 g/mol. The molecule has 1 aromatic heterocycles. The van der Waals surface area contributed by atoms with Crippen LogP contribution >= 0.6 is 0 Å². The lowest BCUT2D eigenvalue weighted by molar-refractivity contribution is -0.193. The number of halogens is 6. The zero-order valence-electron chi connectivity index (χ0n) is 25.5. The number of amides is 1. The van der Waals surface area contributed by atoms with Crippen LogP contribution < -0.4 is 15.8 Å². The van der Waals surface area contributed by atoms with Gasteiger partial charge in [0.05, 0.1) is 19.0 Å². The molecule has 16 nitrogen and oxygen atoms in total. The van der Waals surface area contributed by atoms with Gasteiger partial charge in [-0.2, -0.15) is 26.3 Å². The summed E-state index contributed by atoms with van der Waals surface area (Å²) in [6.07, 6.45) is -10.9. The lowest BCUT2D eigenvalue weighted by atomic mass is 10.0. The van der Waals surface area contributed by atoms with Crippen molar-refractivity contribution in [3.8, 4) is 5.75 Å². The molecule has 0 aliphatic heterocycles. The van der Waals surface area contributed by atoms with Gasteiger partial charge in [0.25, 0.3) is 0 Å². The van der Waals surface area contributed by atoms with Crippen molar-refractivity contribution < 1.29 is 84.7 Å². The number of carboxylic acid groups (broad SMARTS) is 4. The molecule has 1 unspecified atom stereocenters. The van der Waals surface area contributed by atoms with Crippen LogP contribution in [0.5, 0.6) is 5.75 Å². The standard InChI is InChI=1S/C23H28N4O8.2C2HF3O2/c1-12(2)19(21(30)26-16(22(31)32)10-18(28)29)27(3)11-15-8-9-17(34-15)23(33)35-14-6-4-13(5-7-14)20(24)25;2*3-2(4,5)1(6)7/h4-9,12,16,19H,10-11H2,1-3H3,(H3,24,25)(H,26,30)(H,28,29)(H,31,32);2*(H,6,7)/t16-,19?;;/m0../s1. The number of ether oxygens (including phenoxy) is 1. The number of aliphatic carboxylic acids is 4. The Hall–Kier alpha value is -5.67. The summed E-state index contributed by atoms with van der Waals surface area (Å²) < 4.78 is 74.3. The second-order valence-electron chi connectivity index (χ2n) is 9.80. The van der Waals surface area contributed by atoms with Gasteiger partial charge < -0.3 is 40.6 Å². The van der Waals surface area contributed by atoms with Crippen LogP contribution in [0.1, 0.15) is 42.1 Å². The molecule has 49 heavy (non-hydrogen) atoms. The Morgan fingerprint density at radius 2 is 1.37 bits per heavy atom. The first-order valence-corrected chi connectivity index (χ1v) is 13.1. The van der Waals surface area contributed by atoms with E-state index < -0.39 is 66.6 Å². The Morgan fingerprint density at radius 1 is 0.898 bits per heavy atom. The van der Waals surface area contributed by atoms with E-state index in [1.165, 1.54) is 30.3 Å². The van der Waals surface area contributed by atoms with E-state index in [0.29, 0.717) is 11.3 Å². The van der Waals surface area contributed by atoms with Gasteiger partial charge in [-0.1, -0.05) is 13.8 Å². The Morgan fingerprint density at radius 3 is 1.73 bits per heavy atom. The lowest BCUT2D eigenvalue weighted by Gasteiger charge is -2.30. The molecule has 1 aromatic carbocycles. The number of nitrogens with one attached hydrogen (secondary N) is 2. The number of nitrogens with zero attached hydrogens (tertiary/aromatic N) is 1. The fraction of sp³-hybridized carbons (Fsp3) is 0.370. The van der Waals surface area contributed by atoms with Gasteiger partial charge in [0.15, 0.2) is 0 Å². The number of nitrogens with two attached hydrogens (primary N) is 1. The highest BCUT2D eigenvalue weighted by Gasteiger charge is 2.39. The number of nitrogen functional groups attached to an aromatic ring is 1. The highest BCUT2D eigenvalue weighted by atomic mass is 19.4. The summed E-state index contributed by atoms with van der Waals surface area (Å²) in [5.74, 6) is -9.55. The smallest absolute Gasteiger partial charge is 0.481 e. The van der Waals surface area contributed by atoms with Crippen molar-refractivity contribution in [2.45, 2.75) is 51.2 Å². The number of benzene rings is 1. The van der Waals surface area contributed by atoms with Crippen molar-refractivity contribution in [1.82, 2.24) is 10.2 Å². The molecule has 1 heterocycles. The van der Waals surface area contributed by atoms with Gasteiger partial charge in [-0.3, -0.25) is 19.9 Å². The second kappa shape index (κ2) is 18.6. The van der Waals surface area contributed by atoms with Crippen LogP contribution in [-0.4, -0.2) is 98.4 Å². The Labute approximate surface area is 271 Å². The zero-order chi connectivity index (χ0) is 38.4. The molecule has 0 bridgehead atoms. The maximum atomic E-state index is 12.8. The van der Waals surface area contributed by atoms with Crippen LogP contribution in [0.15, 0.2) is 40.8 Å². The first kappa shape index (κ1) is 43.3. The van der Waals surface area contributed by atoms with Gasteiger partial charge >= 0.3 is 42.2 Å². The van der Waals surface area contributed by atoms with Gasteiger partial charge in [-0.25, -0.2) is 19.2 Å². The first-order chi connectivity index (χ1) is 22.3. The van der Waals surface area contributed by atoms with Crippen molar-refractivity contribution in [3.05, 3.63) is 53.5 Å². The third-order valence-electron chi connectivity index (χ3n) is 5.50. The minimum Gasteiger partial charge on any atom is -0.481 e. The van der Waals surface area contributed by atoms with Gasteiger partial charge in [-0.15, -0.1) is 0 Å². The molecule has 22 heteroatoms. The van der Waals surface area contributed by atoms with Crippen LogP contribution in [0, 0.1) is 11.3 Å². The van der Waals surface area contributed by atoms with E-state index in [9.17, 15) is 50.6 Å². The van der Waals surface area contributed by atoms with Crippen LogP contribution in [0.4, 0.5) is 26.3 Å². The lowest BCUT2D eigenvalue weighted by Crippen LogP contribution is -2.53. The summed E-state index contributed by atoms with van der Waals surface area (Å²) in [4.78, 5) is 66.8. The number of carbonyl (C=O) groups excluding carboxylic acids is 2. The average molecular weight is 717 g/mol. The van der Waals surface area contributed by atoms with E-state index in [-0.39, 0.29) is 29.8 Å². The van der Waals surface area contributed by atoms with E-state index in [1.54, 1.807) is 31.9 Å². The highest BCUT2D eigenvalue weighted by Crippen LogP contribution is 2.19. The summed E-state index contributed by atoms with van der Waals surface area (Å²) in [6.45, 7) is 3.62. The summed E-state index contributed by atoms with van der Waals surface area (Å²) in [5, 5.41) is 42.0. The Bertz CT molecular complexity index is 1470. The largest absolute Gasteiger partial charge is 0.490 e. The minimum absolute atomic E-state index is 0.0676. The predicted octanol–water partition coefficient (Wildman–Crippen LogP) is 2.55. The third-order valence-corrected chi connectivity index (χ3v) is 5.50. The van der Waals surface area contributed by atoms with Gasteiger partial charge in [0.1, 0.15) is 23.4 Å². The summed E-state index contributed by atoms with van der Waals surface area (Å²) in [5.41, 5.74) is 5.88. The van der Waals surface area contributed by atoms with E-state index >= 15 is 0 Å². The molecule has 0 radical (unpaired) electrons. The summed E-state index contributed by atoms with van der Waals surface area (Å²) in [6, 6.07) is 6.67. The van der Waals surface area contributed by atoms with Crippen LogP contribution in [0.25, 0.3) is 0 Å². The maximum absolute atomic E-state index is 12.8. The predicted molar refractivity (Wildman–Crippen MR) is 150 cm³/mol. The molecule has 0 spiro atoms. The summed E-state index contributed by atoms with van der Waals surface area (Å²) in [7, 11) is 1.62. The van der Waals surface area contributed by atoms with Crippen molar-refractivity contribution in [3.63, 3.8) is 0 Å². The molecule has 0 saturated carbocycles. The number of hydrogen-bond acceptors (Lipinski definition) is 10. The van der Waals surface area contributed by atoms with Crippen molar-refractivity contribution >= 4 is 41.6 Å².